The van der Waals surface area contributed by atoms with Crippen LogP contribution in [0.5, 0.6) is 0 Å². The Balaban J connectivity index is 0.00000784. The molecule has 6 nitrogen and oxygen atoms in total. The molecule has 1 aromatic rings. The maximum atomic E-state index is 10.5. The van der Waals surface area contributed by atoms with Crippen molar-refractivity contribution in [1.82, 2.24) is 10.6 Å². The third kappa shape index (κ3) is 12.4. The first kappa shape index (κ1) is 28.1. The third-order valence-electron chi connectivity index (χ3n) is 4.37. The second kappa shape index (κ2) is 15.9. The Hall–Kier alpha value is -0.900. The van der Waals surface area contributed by atoms with Crippen LogP contribution >= 0.6 is 24.0 Å². The topological polar surface area (TPSA) is 75.1 Å². The van der Waals surface area contributed by atoms with Crippen molar-refractivity contribution >= 4 is 29.9 Å². The summed E-state index contributed by atoms with van der Waals surface area (Å²) < 4.78 is 10.4. The molecule has 1 rings (SSSR count). The first-order valence-electron chi connectivity index (χ1n) is 10.3. The number of benzene rings is 1. The van der Waals surface area contributed by atoms with Gasteiger partial charge in [-0.05, 0) is 36.3 Å². The van der Waals surface area contributed by atoms with Crippen molar-refractivity contribution < 1.29 is 14.6 Å². The summed E-state index contributed by atoms with van der Waals surface area (Å²) in [7, 11) is 1.67. The molecule has 29 heavy (non-hydrogen) atoms. The maximum absolute atomic E-state index is 10.5. The fourth-order valence-electron chi connectivity index (χ4n) is 2.61. The van der Waals surface area contributed by atoms with E-state index in [2.05, 4.69) is 48.5 Å². The van der Waals surface area contributed by atoms with Crippen molar-refractivity contribution in [3.8, 4) is 0 Å². The summed E-state index contributed by atoms with van der Waals surface area (Å²) in [6.45, 7) is 12.5. The number of halogens is 1. The molecule has 0 bridgehead atoms. The minimum absolute atomic E-state index is 0. The lowest BCUT2D eigenvalue weighted by Crippen LogP contribution is -2.38. The van der Waals surface area contributed by atoms with Crippen molar-refractivity contribution in [2.45, 2.75) is 52.1 Å². The highest BCUT2D eigenvalue weighted by molar-refractivity contribution is 14.0. The smallest absolute Gasteiger partial charge is 0.191 e. The van der Waals surface area contributed by atoms with Crippen molar-refractivity contribution in [3.63, 3.8) is 0 Å². The van der Waals surface area contributed by atoms with Gasteiger partial charge in [0.2, 0.25) is 0 Å². The second-order valence-electron chi connectivity index (χ2n) is 7.85. The van der Waals surface area contributed by atoms with Crippen LogP contribution in [-0.4, -0.2) is 57.6 Å². The van der Waals surface area contributed by atoms with Gasteiger partial charge in [-0.15, -0.1) is 24.0 Å². The van der Waals surface area contributed by atoms with E-state index in [-0.39, 0.29) is 29.4 Å². The number of hydrogen-bond acceptors (Lipinski definition) is 4. The zero-order valence-electron chi connectivity index (χ0n) is 18.7. The largest absolute Gasteiger partial charge is 0.386 e. The molecule has 0 aliphatic carbocycles. The molecule has 0 aliphatic heterocycles. The first-order chi connectivity index (χ1) is 13.4. The van der Waals surface area contributed by atoms with Crippen LogP contribution in [0.1, 0.15) is 57.8 Å². The summed E-state index contributed by atoms with van der Waals surface area (Å²) in [6.07, 6.45) is 1.37. The predicted molar refractivity (Wildman–Crippen MR) is 131 cm³/mol. The third-order valence-corrected chi connectivity index (χ3v) is 4.37. The number of rotatable bonds is 12. The molecule has 0 fully saturated rings. The Morgan fingerprint density at radius 2 is 1.76 bits per heavy atom. The number of methoxy groups -OCH3 is 1. The number of aliphatic hydroxyl groups excluding tert-OH is 1. The highest BCUT2D eigenvalue weighted by atomic mass is 127. The standard InChI is InChI=1S/C22H39N3O3.HI/c1-6-23-21(24-13-7-8-14-28-16-15-27-5)25-17-20(26)18-9-11-19(12-10-18)22(2,3)4;/h9-12,20,26H,6-8,13-17H2,1-5H3,(H2,23,24,25);1H. The van der Waals surface area contributed by atoms with Gasteiger partial charge < -0.3 is 25.2 Å². The van der Waals surface area contributed by atoms with Gasteiger partial charge in [0.05, 0.1) is 25.9 Å². The Labute approximate surface area is 193 Å². The lowest BCUT2D eigenvalue weighted by atomic mass is 9.86. The summed E-state index contributed by atoms with van der Waals surface area (Å²) in [5.74, 6) is 0.730. The van der Waals surface area contributed by atoms with Crippen LogP contribution in [0.15, 0.2) is 29.3 Å². The zero-order chi connectivity index (χ0) is 20.8. The molecular weight excluding hydrogens is 481 g/mol. The molecule has 168 valence electrons. The quantitative estimate of drug-likeness (QED) is 0.170. The van der Waals surface area contributed by atoms with E-state index in [0.717, 1.165) is 44.1 Å². The van der Waals surface area contributed by atoms with E-state index in [1.165, 1.54) is 5.56 Å². The molecule has 0 amide bonds. The molecular formula is C22H40IN3O3. The fourth-order valence-corrected chi connectivity index (χ4v) is 2.61. The van der Waals surface area contributed by atoms with E-state index in [0.29, 0.717) is 19.8 Å². The average Bonchev–Trinajstić information content (AvgIpc) is 2.67. The van der Waals surface area contributed by atoms with E-state index in [9.17, 15) is 5.11 Å². The molecule has 1 aromatic carbocycles. The van der Waals surface area contributed by atoms with Gasteiger partial charge >= 0.3 is 0 Å². The average molecular weight is 521 g/mol. The molecule has 3 N–H and O–H groups in total. The molecule has 0 radical (unpaired) electrons. The predicted octanol–water partition coefficient (Wildman–Crippen LogP) is 3.63. The second-order valence-corrected chi connectivity index (χ2v) is 7.85. The summed E-state index contributed by atoms with van der Waals surface area (Å²) >= 11 is 0. The van der Waals surface area contributed by atoms with Crippen LogP contribution in [-0.2, 0) is 14.9 Å². The van der Waals surface area contributed by atoms with Crippen LogP contribution in [0.4, 0.5) is 0 Å². The van der Waals surface area contributed by atoms with Gasteiger partial charge in [0.1, 0.15) is 0 Å². The van der Waals surface area contributed by atoms with Gasteiger partial charge in [0.15, 0.2) is 5.96 Å². The number of nitrogens with zero attached hydrogens (tertiary/aromatic N) is 1. The van der Waals surface area contributed by atoms with E-state index in [4.69, 9.17) is 9.47 Å². The van der Waals surface area contributed by atoms with Crippen molar-refractivity contribution in [1.29, 1.82) is 0 Å². The maximum Gasteiger partial charge on any atom is 0.191 e. The number of guanidine groups is 1. The van der Waals surface area contributed by atoms with Crippen LogP contribution < -0.4 is 10.6 Å². The summed E-state index contributed by atoms with van der Waals surface area (Å²) in [6, 6.07) is 8.15. The van der Waals surface area contributed by atoms with E-state index >= 15 is 0 Å². The minimum Gasteiger partial charge on any atom is -0.386 e. The lowest BCUT2D eigenvalue weighted by Gasteiger charge is -2.20. The van der Waals surface area contributed by atoms with Gasteiger partial charge in [-0.2, -0.15) is 0 Å². The number of unbranched alkanes of at least 4 members (excludes halogenated alkanes) is 1. The van der Waals surface area contributed by atoms with Crippen LogP contribution in [0.25, 0.3) is 0 Å². The Kier molecular flexibility index (Phi) is 15.4. The molecule has 0 aromatic heterocycles. The molecule has 0 saturated heterocycles. The highest BCUT2D eigenvalue weighted by Crippen LogP contribution is 2.24. The zero-order valence-corrected chi connectivity index (χ0v) is 21.0. The normalized spacial score (nSPS) is 13.0. The Morgan fingerprint density at radius 1 is 1.07 bits per heavy atom. The van der Waals surface area contributed by atoms with Gasteiger partial charge in [0, 0.05) is 26.8 Å². The molecule has 1 unspecified atom stereocenters. The minimum atomic E-state index is -0.612. The Morgan fingerprint density at radius 3 is 2.34 bits per heavy atom. The van der Waals surface area contributed by atoms with Crippen molar-refractivity contribution in [2.24, 2.45) is 4.99 Å². The monoisotopic (exact) mass is 521 g/mol. The van der Waals surface area contributed by atoms with Gasteiger partial charge in [-0.1, -0.05) is 45.0 Å². The van der Waals surface area contributed by atoms with Crippen LogP contribution in [0, 0.1) is 0 Å². The highest BCUT2D eigenvalue weighted by Gasteiger charge is 2.14. The summed E-state index contributed by atoms with van der Waals surface area (Å²) in [5.41, 5.74) is 2.26. The number of aliphatic imine (C=N–C) groups is 1. The first-order valence-corrected chi connectivity index (χ1v) is 10.3. The molecule has 0 aliphatic rings. The number of hydrogen-bond donors (Lipinski definition) is 3. The van der Waals surface area contributed by atoms with Gasteiger partial charge in [-0.3, -0.25) is 4.99 Å². The van der Waals surface area contributed by atoms with Crippen molar-refractivity contribution in [2.75, 3.05) is 46.6 Å². The van der Waals surface area contributed by atoms with E-state index in [1.54, 1.807) is 7.11 Å². The lowest BCUT2D eigenvalue weighted by molar-refractivity contribution is 0.0689. The van der Waals surface area contributed by atoms with Crippen LogP contribution in [0.3, 0.4) is 0 Å². The SMILES string of the molecule is CCNC(=NCC(O)c1ccc(C(C)(C)C)cc1)NCCCCOCCOC.I. The summed E-state index contributed by atoms with van der Waals surface area (Å²) in [4.78, 5) is 4.52. The number of aliphatic hydroxyl groups is 1. The van der Waals surface area contributed by atoms with Crippen molar-refractivity contribution in [3.05, 3.63) is 35.4 Å². The number of nitrogens with one attached hydrogen (secondary N) is 2. The van der Waals surface area contributed by atoms with E-state index < -0.39 is 6.10 Å². The summed E-state index contributed by atoms with van der Waals surface area (Å²) in [5, 5.41) is 17.0. The van der Waals surface area contributed by atoms with Crippen LogP contribution in [0.2, 0.25) is 0 Å². The molecule has 7 heteroatoms. The number of ether oxygens (including phenoxy) is 2. The molecule has 0 spiro atoms. The fraction of sp³-hybridized carbons (Fsp3) is 0.682. The molecule has 1 atom stereocenters. The van der Waals surface area contributed by atoms with Gasteiger partial charge in [-0.25, -0.2) is 0 Å². The molecule has 0 heterocycles. The van der Waals surface area contributed by atoms with E-state index in [1.807, 2.05) is 19.1 Å². The van der Waals surface area contributed by atoms with Gasteiger partial charge in [0.25, 0.3) is 0 Å². The molecule has 0 saturated carbocycles. The Bertz CT molecular complexity index is 559.